The number of anilines is 1. The molecule has 90 valence electrons. The van der Waals surface area contributed by atoms with E-state index in [0.717, 1.165) is 37.1 Å². The van der Waals surface area contributed by atoms with Crippen molar-refractivity contribution in [1.29, 1.82) is 0 Å². The first-order valence-corrected chi connectivity index (χ1v) is 6.28. The van der Waals surface area contributed by atoms with E-state index in [0.29, 0.717) is 16.5 Å². The zero-order valence-corrected chi connectivity index (χ0v) is 10.7. The van der Waals surface area contributed by atoms with Gasteiger partial charge in [0.25, 0.3) is 0 Å². The van der Waals surface area contributed by atoms with Crippen molar-refractivity contribution < 1.29 is 4.74 Å². The average Bonchev–Trinajstić information content (AvgIpc) is 2.69. The van der Waals surface area contributed by atoms with E-state index in [-0.39, 0.29) is 0 Å². The number of hydrogen-bond donors (Lipinski definition) is 1. The number of nitrogen functional groups attached to an aromatic ring is 1. The van der Waals surface area contributed by atoms with Crippen LogP contribution in [0.4, 0.5) is 5.82 Å². The maximum atomic E-state index is 5.84. The highest BCUT2D eigenvalue weighted by Crippen LogP contribution is 2.30. The lowest BCUT2D eigenvalue weighted by atomic mass is 10.1. The van der Waals surface area contributed by atoms with Crippen molar-refractivity contribution in [2.45, 2.75) is 18.9 Å². The Morgan fingerprint density at radius 3 is 2.88 bits per heavy atom. The molecule has 0 aliphatic carbocycles. The lowest BCUT2D eigenvalue weighted by molar-refractivity contribution is 0.0672. The molecule has 3 heterocycles. The van der Waals surface area contributed by atoms with E-state index < -0.39 is 0 Å². The minimum Gasteiger partial charge on any atom is -0.383 e. The van der Waals surface area contributed by atoms with E-state index in [9.17, 15) is 0 Å². The Balaban J connectivity index is 2.13. The third kappa shape index (κ3) is 1.79. The molecule has 1 aliphatic rings. The molecule has 3 rings (SSSR count). The van der Waals surface area contributed by atoms with Gasteiger partial charge in [0.05, 0.1) is 11.4 Å². The van der Waals surface area contributed by atoms with Crippen molar-refractivity contribution in [3.8, 4) is 0 Å². The Morgan fingerprint density at radius 2 is 2.12 bits per heavy atom. The largest absolute Gasteiger partial charge is 0.383 e. The maximum absolute atomic E-state index is 5.84. The minimum atomic E-state index is 0.326. The van der Waals surface area contributed by atoms with Gasteiger partial charge in [0, 0.05) is 13.2 Å². The molecule has 0 saturated carbocycles. The zero-order valence-electron chi connectivity index (χ0n) is 9.14. The summed E-state index contributed by atoms with van der Waals surface area (Å²) in [5.41, 5.74) is 6.63. The second kappa shape index (κ2) is 4.23. The molecule has 7 heteroatoms. The number of halogens is 1. The molecule has 1 aliphatic heterocycles. The summed E-state index contributed by atoms with van der Waals surface area (Å²) >= 11 is 3.41. The fraction of sp³-hybridized carbons (Fsp3) is 0.500. The van der Waals surface area contributed by atoms with Crippen molar-refractivity contribution in [3.05, 3.63) is 10.9 Å². The average molecular weight is 298 g/mol. The Labute approximate surface area is 106 Å². The van der Waals surface area contributed by atoms with Crippen LogP contribution in [0.3, 0.4) is 0 Å². The van der Waals surface area contributed by atoms with E-state index in [2.05, 4.69) is 31.0 Å². The SMILES string of the molecule is Nc1ncnc2c1c(Br)nn2C1CCOCC1. The summed E-state index contributed by atoms with van der Waals surface area (Å²) in [5, 5.41) is 5.26. The standard InChI is InChI=1S/C10H12BrN5O/c11-8-7-9(12)13-5-14-10(7)16(15-8)6-1-3-17-4-2-6/h5-6H,1-4H2,(H2,12,13,14). The minimum absolute atomic E-state index is 0.326. The summed E-state index contributed by atoms with van der Waals surface area (Å²) in [7, 11) is 0. The van der Waals surface area contributed by atoms with Crippen molar-refractivity contribution in [3.63, 3.8) is 0 Å². The molecule has 0 atom stereocenters. The van der Waals surface area contributed by atoms with Crippen LogP contribution in [-0.2, 0) is 4.74 Å². The Hall–Kier alpha value is -1.21. The molecule has 0 aromatic carbocycles. The number of nitrogens with two attached hydrogens (primary N) is 1. The van der Waals surface area contributed by atoms with Gasteiger partial charge in [0.15, 0.2) is 5.65 Å². The van der Waals surface area contributed by atoms with Gasteiger partial charge in [-0.2, -0.15) is 5.10 Å². The van der Waals surface area contributed by atoms with Gasteiger partial charge in [-0.1, -0.05) is 0 Å². The Kier molecular flexibility index (Phi) is 2.71. The van der Waals surface area contributed by atoms with Gasteiger partial charge in [-0.3, -0.25) is 0 Å². The van der Waals surface area contributed by atoms with Crippen LogP contribution < -0.4 is 5.73 Å². The molecule has 2 aromatic heterocycles. The highest BCUT2D eigenvalue weighted by atomic mass is 79.9. The van der Waals surface area contributed by atoms with Gasteiger partial charge in [0.2, 0.25) is 0 Å². The van der Waals surface area contributed by atoms with Crippen molar-refractivity contribution in [1.82, 2.24) is 19.7 Å². The van der Waals surface area contributed by atoms with Gasteiger partial charge >= 0.3 is 0 Å². The predicted octanol–water partition coefficient (Wildman–Crippen LogP) is 1.52. The summed E-state index contributed by atoms with van der Waals surface area (Å²) in [6.07, 6.45) is 3.38. The lowest BCUT2D eigenvalue weighted by Gasteiger charge is -2.22. The third-order valence-electron chi connectivity index (χ3n) is 3.01. The van der Waals surface area contributed by atoms with Gasteiger partial charge in [0.1, 0.15) is 16.7 Å². The monoisotopic (exact) mass is 297 g/mol. The fourth-order valence-electron chi connectivity index (χ4n) is 2.14. The van der Waals surface area contributed by atoms with Crippen molar-refractivity contribution in [2.24, 2.45) is 0 Å². The van der Waals surface area contributed by atoms with Crippen LogP contribution in [0, 0.1) is 0 Å². The number of rotatable bonds is 1. The molecular weight excluding hydrogens is 286 g/mol. The Morgan fingerprint density at radius 1 is 1.35 bits per heavy atom. The molecule has 0 amide bonds. The summed E-state index contributed by atoms with van der Waals surface area (Å²) < 4.78 is 7.99. The van der Waals surface area contributed by atoms with Gasteiger partial charge in [-0.15, -0.1) is 0 Å². The van der Waals surface area contributed by atoms with E-state index in [4.69, 9.17) is 10.5 Å². The second-order valence-corrected chi connectivity index (χ2v) is 4.79. The van der Waals surface area contributed by atoms with Crippen LogP contribution in [0.15, 0.2) is 10.9 Å². The number of ether oxygens (including phenoxy) is 1. The third-order valence-corrected chi connectivity index (χ3v) is 3.57. The van der Waals surface area contributed by atoms with Gasteiger partial charge in [-0.25, -0.2) is 14.6 Å². The first-order valence-electron chi connectivity index (χ1n) is 5.49. The van der Waals surface area contributed by atoms with Crippen molar-refractivity contribution >= 4 is 32.8 Å². The lowest BCUT2D eigenvalue weighted by Crippen LogP contribution is -2.20. The van der Waals surface area contributed by atoms with Crippen LogP contribution in [0.5, 0.6) is 0 Å². The second-order valence-electron chi connectivity index (χ2n) is 4.04. The highest BCUT2D eigenvalue weighted by Gasteiger charge is 2.22. The molecule has 0 spiro atoms. The first-order chi connectivity index (χ1) is 8.27. The predicted molar refractivity (Wildman–Crippen MR) is 66.5 cm³/mol. The zero-order chi connectivity index (χ0) is 11.8. The maximum Gasteiger partial charge on any atom is 0.164 e. The summed E-state index contributed by atoms with van der Waals surface area (Å²) in [6, 6.07) is 0.326. The first kappa shape index (κ1) is 10.9. The van der Waals surface area contributed by atoms with Gasteiger partial charge < -0.3 is 10.5 Å². The van der Waals surface area contributed by atoms with E-state index in [1.807, 2.05) is 4.68 Å². The molecule has 2 N–H and O–H groups in total. The summed E-state index contributed by atoms with van der Waals surface area (Å²) in [5.74, 6) is 0.459. The molecule has 17 heavy (non-hydrogen) atoms. The van der Waals surface area contributed by atoms with E-state index >= 15 is 0 Å². The Bertz CT molecular complexity index is 549. The topological polar surface area (TPSA) is 78.9 Å². The highest BCUT2D eigenvalue weighted by molar-refractivity contribution is 9.10. The molecule has 0 bridgehead atoms. The summed E-state index contributed by atoms with van der Waals surface area (Å²) in [4.78, 5) is 8.26. The molecule has 0 unspecified atom stereocenters. The number of nitrogens with zero attached hydrogens (tertiary/aromatic N) is 4. The van der Waals surface area contributed by atoms with Crippen LogP contribution in [0.1, 0.15) is 18.9 Å². The smallest absolute Gasteiger partial charge is 0.164 e. The van der Waals surface area contributed by atoms with Crippen LogP contribution >= 0.6 is 15.9 Å². The molecule has 6 nitrogen and oxygen atoms in total. The quantitative estimate of drug-likeness (QED) is 0.863. The normalized spacial score (nSPS) is 17.7. The molecule has 2 aromatic rings. The van der Waals surface area contributed by atoms with Gasteiger partial charge in [-0.05, 0) is 28.8 Å². The fourth-order valence-corrected chi connectivity index (χ4v) is 2.69. The van der Waals surface area contributed by atoms with Crippen LogP contribution in [0.25, 0.3) is 11.0 Å². The molecule has 1 saturated heterocycles. The summed E-state index contributed by atoms with van der Waals surface area (Å²) in [6.45, 7) is 1.54. The molecule has 1 fully saturated rings. The number of fused-ring (bicyclic) bond motifs is 1. The van der Waals surface area contributed by atoms with E-state index in [1.54, 1.807) is 0 Å². The molecule has 0 radical (unpaired) electrons. The van der Waals surface area contributed by atoms with E-state index in [1.165, 1.54) is 6.33 Å². The van der Waals surface area contributed by atoms with Crippen LogP contribution in [0.2, 0.25) is 0 Å². The molecular formula is C10H12BrN5O. The van der Waals surface area contributed by atoms with Crippen LogP contribution in [-0.4, -0.2) is 33.0 Å². The van der Waals surface area contributed by atoms with Crippen molar-refractivity contribution in [2.75, 3.05) is 18.9 Å². The number of hydrogen-bond acceptors (Lipinski definition) is 5. The number of aromatic nitrogens is 4.